The van der Waals surface area contributed by atoms with Gasteiger partial charge in [0.05, 0.1) is 18.0 Å². The van der Waals surface area contributed by atoms with Gasteiger partial charge in [-0.2, -0.15) is 0 Å². The van der Waals surface area contributed by atoms with Gasteiger partial charge in [-0.3, -0.25) is 9.20 Å². The number of carbonyl (C=O) groups is 1. The number of nitrogens with one attached hydrogen (secondary N) is 1. The van der Waals surface area contributed by atoms with Gasteiger partial charge in [0.1, 0.15) is 28.3 Å². The Labute approximate surface area is 321 Å². The molecule has 0 radical (unpaired) electrons. The molecule has 0 fully saturated rings. The summed E-state index contributed by atoms with van der Waals surface area (Å²) in [5, 5.41) is 34.0. The predicted octanol–water partition coefficient (Wildman–Crippen LogP) is 8.09. The minimum atomic E-state index is -0.754. The van der Waals surface area contributed by atoms with Crippen LogP contribution in [0.4, 0.5) is 4.39 Å². The predicted molar refractivity (Wildman–Crippen MR) is 210 cm³/mol. The standard InChI is InChI=1S/C44H41FN4O7/c45-35-22-29(24-37-43(53)49-27-38(30-13-16-32(50)17-14-30)47-36(41(49)48-37)23-28-10-6-5-7-11-28)12-19-39(35)55-21-9-4-2-1-3-8-20-46-42(52)34-25-31-15-18-33(51)26-40(31)56-44(34)54/h5-7,10-19,22,25-27,50-51,53H,1-4,8-9,20-21,23-24H2,(H,46,52). The third-order valence-corrected chi connectivity index (χ3v) is 9.54. The maximum Gasteiger partial charge on any atom is 0.349 e. The van der Waals surface area contributed by atoms with E-state index in [9.17, 15) is 24.9 Å². The number of imidazole rings is 1. The van der Waals surface area contributed by atoms with Crippen molar-refractivity contribution >= 4 is 22.5 Å². The fourth-order valence-electron chi connectivity index (χ4n) is 6.58. The number of phenols is 2. The maximum absolute atomic E-state index is 15.1. The lowest BCUT2D eigenvalue weighted by Gasteiger charge is -2.09. The topological polar surface area (TPSA) is 159 Å². The second kappa shape index (κ2) is 17.2. The number of unbranched alkanes of at least 4 members (excludes halogenated alkanes) is 5. The van der Waals surface area contributed by atoms with Crippen molar-refractivity contribution < 1.29 is 33.7 Å². The molecule has 0 atom stereocenters. The number of amides is 1. The van der Waals surface area contributed by atoms with Crippen LogP contribution in [0.1, 0.15) is 71.4 Å². The van der Waals surface area contributed by atoms with E-state index in [1.165, 1.54) is 24.3 Å². The summed E-state index contributed by atoms with van der Waals surface area (Å²) >= 11 is 0. The lowest BCUT2D eigenvalue weighted by molar-refractivity contribution is 0.0949. The van der Waals surface area contributed by atoms with E-state index in [1.807, 2.05) is 30.3 Å². The average molecular weight is 757 g/mol. The average Bonchev–Trinajstić information content (AvgIpc) is 3.50. The van der Waals surface area contributed by atoms with E-state index in [0.29, 0.717) is 53.3 Å². The van der Waals surface area contributed by atoms with E-state index in [-0.39, 0.29) is 40.7 Å². The normalized spacial score (nSPS) is 11.3. The largest absolute Gasteiger partial charge is 0.508 e. The number of phenolic OH excluding ortho intramolecular Hbond substituents is 2. The van der Waals surface area contributed by atoms with Gasteiger partial charge in [0.15, 0.2) is 17.2 Å². The summed E-state index contributed by atoms with van der Waals surface area (Å²) in [4.78, 5) is 34.4. The molecular weight excluding hydrogens is 716 g/mol. The van der Waals surface area contributed by atoms with Crippen LogP contribution in [-0.2, 0) is 12.8 Å². The summed E-state index contributed by atoms with van der Waals surface area (Å²) in [6.45, 7) is 0.795. The lowest BCUT2D eigenvalue weighted by Crippen LogP contribution is -2.29. The molecule has 0 aliphatic heterocycles. The first-order valence-electron chi connectivity index (χ1n) is 18.6. The first-order chi connectivity index (χ1) is 27.2. The highest BCUT2D eigenvalue weighted by molar-refractivity contribution is 5.96. The van der Waals surface area contributed by atoms with Crippen LogP contribution >= 0.6 is 0 Å². The van der Waals surface area contributed by atoms with Gasteiger partial charge in [0.25, 0.3) is 5.91 Å². The minimum Gasteiger partial charge on any atom is -0.508 e. The molecule has 12 heteroatoms. The maximum atomic E-state index is 15.1. The lowest BCUT2D eigenvalue weighted by atomic mass is 10.1. The molecule has 0 saturated carbocycles. The van der Waals surface area contributed by atoms with Crippen LogP contribution < -0.4 is 15.7 Å². The number of aromatic hydroxyl groups is 3. The fraction of sp³-hybridized carbons (Fsp3) is 0.227. The number of benzene rings is 4. The van der Waals surface area contributed by atoms with Gasteiger partial charge in [-0.15, -0.1) is 0 Å². The third-order valence-electron chi connectivity index (χ3n) is 9.54. The molecule has 1 amide bonds. The Morgan fingerprint density at radius 3 is 2.29 bits per heavy atom. The second-order valence-electron chi connectivity index (χ2n) is 13.7. The van der Waals surface area contributed by atoms with Crippen molar-refractivity contribution in [2.24, 2.45) is 0 Å². The number of aromatic nitrogens is 3. The van der Waals surface area contributed by atoms with E-state index < -0.39 is 17.3 Å². The first-order valence-corrected chi connectivity index (χ1v) is 18.6. The fourth-order valence-corrected chi connectivity index (χ4v) is 6.58. The van der Waals surface area contributed by atoms with E-state index in [4.69, 9.17) is 19.1 Å². The van der Waals surface area contributed by atoms with Crippen LogP contribution in [0, 0.1) is 5.82 Å². The van der Waals surface area contributed by atoms with Crippen molar-refractivity contribution in [1.82, 2.24) is 19.7 Å². The molecule has 3 aromatic heterocycles. The smallest absolute Gasteiger partial charge is 0.349 e. The molecule has 11 nitrogen and oxygen atoms in total. The van der Waals surface area contributed by atoms with Gasteiger partial charge in [0.2, 0.25) is 5.88 Å². The monoisotopic (exact) mass is 756 g/mol. The number of fused-ring (bicyclic) bond motifs is 2. The Kier molecular flexibility index (Phi) is 11.5. The van der Waals surface area contributed by atoms with Crippen LogP contribution in [-0.4, -0.2) is 48.7 Å². The van der Waals surface area contributed by atoms with Gasteiger partial charge in [-0.05, 0) is 78.6 Å². The second-order valence-corrected chi connectivity index (χ2v) is 13.7. The Morgan fingerprint density at radius 2 is 1.50 bits per heavy atom. The van der Waals surface area contributed by atoms with E-state index >= 15 is 4.39 Å². The van der Waals surface area contributed by atoms with Crippen molar-refractivity contribution in [2.45, 2.75) is 51.4 Å². The van der Waals surface area contributed by atoms with Gasteiger partial charge < -0.3 is 29.8 Å². The molecule has 3 heterocycles. The number of nitrogens with zero attached hydrogens (tertiary/aromatic N) is 3. The van der Waals surface area contributed by atoms with Crippen LogP contribution in [0.3, 0.4) is 0 Å². The van der Waals surface area contributed by atoms with Crippen molar-refractivity contribution in [2.75, 3.05) is 13.2 Å². The minimum absolute atomic E-state index is 0.0272. The Bertz CT molecular complexity index is 2530. The Hall–Kier alpha value is -6.69. The summed E-state index contributed by atoms with van der Waals surface area (Å²) in [7, 11) is 0. The van der Waals surface area contributed by atoms with Crippen LogP contribution in [0.25, 0.3) is 27.9 Å². The zero-order valence-corrected chi connectivity index (χ0v) is 30.6. The van der Waals surface area contributed by atoms with Gasteiger partial charge in [-0.1, -0.05) is 62.1 Å². The zero-order chi connectivity index (χ0) is 39.0. The molecule has 0 aliphatic rings. The molecule has 0 saturated heterocycles. The Balaban J connectivity index is 0.876. The summed E-state index contributed by atoms with van der Waals surface area (Å²) in [6, 6.07) is 27.2. The molecule has 286 valence electrons. The van der Waals surface area contributed by atoms with E-state index in [1.54, 1.807) is 53.1 Å². The highest BCUT2D eigenvalue weighted by Crippen LogP contribution is 2.30. The van der Waals surface area contributed by atoms with Crippen molar-refractivity contribution in [1.29, 1.82) is 0 Å². The molecule has 4 aromatic carbocycles. The molecule has 0 aliphatic carbocycles. The molecule has 7 rings (SSSR count). The molecule has 7 aromatic rings. The van der Waals surface area contributed by atoms with Crippen LogP contribution in [0.5, 0.6) is 23.1 Å². The number of ether oxygens (including phenoxy) is 1. The Morgan fingerprint density at radius 1 is 0.768 bits per heavy atom. The van der Waals surface area contributed by atoms with Crippen LogP contribution in [0.15, 0.2) is 112 Å². The van der Waals surface area contributed by atoms with E-state index in [0.717, 1.165) is 49.7 Å². The van der Waals surface area contributed by atoms with Gasteiger partial charge >= 0.3 is 5.63 Å². The quantitative estimate of drug-likeness (QED) is 0.0565. The highest BCUT2D eigenvalue weighted by Gasteiger charge is 2.19. The summed E-state index contributed by atoms with van der Waals surface area (Å²) < 4.78 is 27.7. The van der Waals surface area contributed by atoms with Crippen LogP contribution in [0.2, 0.25) is 0 Å². The summed E-state index contributed by atoms with van der Waals surface area (Å²) in [5.41, 5.74) is 3.99. The highest BCUT2D eigenvalue weighted by atomic mass is 19.1. The van der Waals surface area contributed by atoms with E-state index in [2.05, 4.69) is 5.32 Å². The SMILES string of the molecule is O=C(NCCCCCCCCOc1ccc(Cc2nc3c(Cc4ccccc4)nc(-c4ccc(O)cc4)cn3c2O)cc1F)c1cc2ccc(O)cc2oc1=O. The molecular formula is C44H41FN4O7. The zero-order valence-electron chi connectivity index (χ0n) is 30.6. The number of hydrogen-bond acceptors (Lipinski definition) is 9. The molecule has 0 unspecified atom stereocenters. The van der Waals surface area contributed by atoms with Crippen molar-refractivity contribution in [3.05, 3.63) is 148 Å². The molecule has 56 heavy (non-hydrogen) atoms. The molecule has 4 N–H and O–H groups in total. The number of carbonyl (C=O) groups excluding carboxylic acids is 1. The number of rotatable bonds is 16. The molecule has 0 bridgehead atoms. The first kappa shape index (κ1) is 37.6. The number of hydrogen-bond donors (Lipinski definition) is 4. The third kappa shape index (κ3) is 8.98. The summed E-state index contributed by atoms with van der Waals surface area (Å²) in [5.74, 6) is -0.764. The van der Waals surface area contributed by atoms with Gasteiger partial charge in [0, 0.05) is 42.6 Å². The summed E-state index contributed by atoms with van der Waals surface area (Å²) in [6.07, 6.45) is 7.62. The van der Waals surface area contributed by atoms with Crippen molar-refractivity contribution in [3.63, 3.8) is 0 Å². The molecule has 0 spiro atoms. The number of halogens is 1. The van der Waals surface area contributed by atoms with Gasteiger partial charge in [-0.25, -0.2) is 19.2 Å². The van der Waals surface area contributed by atoms with Crippen molar-refractivity contribution in [3.8, 4) is 34.4 Å².